The van der Waals surface area contributed by atoms with Gasteiger partial charge in [-0.25, -0.2) is 0 Å². The molecule has 5 heteroatoms. The summed E-state index contributed by atoms with van der Waals surface area (Å²) in [6.07, 6.45) is 1.33. The Morgan fingerprint density at radius 3 is 2.85 bits per heavy atom. The highest BCUT2D eigenvalue weighted by molar-refractivity contribution is 5.95. The molecule has 0 aliphatic carbocycles. The molecule has 20 heavy (non-hydrogen) atoms. The Kier molecular flexibility index (Phi) is 4.49. The number of hydrogen-bond acceptors (Lipinski definition) is 4. The molecule has 2 rings (SSSR count). The van der Waals surface area contributed by atoms with Gasteiger partial charge in [-0.05, 0) is 45.0 Å². The van der Waals surface area contributed by atoms with Crippen LogP contribution in [0.15, 0.2) is 12.1 Å². The van der Waals surface area contributed by atoms with E-state index in [1.54, 1.807) is 0 Å². The van der Waals surface area contributed by atoms with Crippen molar-refractivity contribution in [1.29, 1.82) is 0 Å². The lowest BCUT2D eigenvalue weighted by Crippen LogP contribution is -2.31. The fourth-order valence-electron chi connectivity index (χ4n) is 2.22. The Morgan fingerprint density at radius 2 is 2.15 bits per heavy atom. The molecule has 5 nitrogen and oxygen atoms in total. The highest BCUT2D eigenvalue weighted by Gasteiger charge is 2.16. The lowest BCUT2D eigenvalue weighted by atomic mass is 10.0. The summed E-state index contributed by atoms with van der Waals surface area (Å²) in [6, 6.07) is 4.44. The highest BCUT2D eigenvalue weighted by atomic mass is 16.1. The van der Waals surface area contributed by atoms with E-state index < -0.39 is 0 Å². The van der Waals surface area contributed by atoms with Crippen LogP contribution in [0.2, 0.25) is 0 Å². The van der Waals surface area contributed by atoms with Gasteiger partial charge in [0.15, 0.2) is 0 Å². The van der Waals surface area contributed by atoms with Crippen LogP contribution in [0.1, 0.15) is 25.8 Å². The van der Waals surface area contributed by atoms with Gasteiger partial charge in [0.25, 0.3) is 0 Å². The first kappa shape index (κ1) is 14.7. The Bertz CT molecular complexity index is 499. The largest absolute Gasteiger partial charge is 0.397 e. The Labute approximate surface area is 120 Å². The van der Waals surface area contributed by atoms with Crippen LogP contribution in [-0.2, 0) is 11.2 Å². The number of carbonyl (C=O) groups is 1. The maximum Gasteiger partial charge on any atom is 0.224 e. The molecule has 0 atom stereocenters. The van der Waals surface area contributed by atoms with Crippen molar-refractivity contribution >= 4 is 23.0 Å². The van der Waals surface area contributed by atoms with Crippen LogP contribution in [0.5, 0.6) is 0 Å². The maximum absolute atomic E-state index is 11.4. The number of nitrogens with zero attached hydrogens (tertiary/aromatic N) is 1. The highest BCUT2D eigenvalue weighted by Crippen LogP contribution is 2.30. The molecule has 0 bridgehead atoms. The van der Waals surface area contributed by atoms with Crippen LogP contribution in [0.25, 0.3) is 0 Å². The van der Waals surface area contributed by atoms with Gasteiger partial charge in [0.2, 0.25) is 5.91 Å². The first-order chi connectivity index (χ1) is 9.47. The van der Waals surface area contributed by atoms with E-state index in [0.29, 0.717) is 18.2 Å². The number of benzene rings is 1. The number of nitrogens with one attached hydrogen (secondary N) is 2. The summed E-state index contributed by atoms with van der Waals surface area (Å²) in [5.41, 5.74) is 9.68. The second kappa shape index (κ2) is 6.13. The number of nitrogen functional groups attached to an aromatic ring is 1. The van der Waals surface area contributed by atoms with Crippen molar-refractivity contribution < 1.29 is 4.79 Å². The van der Waals surface area contributed by atoms with E-state index >= 15 is 0 Å². The molecule has 1 heterocycles. The standard InChI is InChI=1S/C15H24N4O/c1-10(2)19(3)7-6-17-14-8-11-4-5-15(20)18-13(11)9-12(14)16/h8-10,17H,4-7,16H2,1-3H3,(H,18,20). The summed E-state index contributed by atoms with van der Waals surface area (Å²) < 4.78 is 0. The van der Waals surface area contributed by atoms with Gasteiger partial charge in [-0.2, -0.15) is 0 Å². The van der Waals surface area contributed by atoms with E-state index in [1.165, 1.54) is 0 Å². The van der Waals surface area contributed by atoms with Crippen molar-refractivity contribution in [2.45, 2.75) is 32.7 Å². The zero-order valence-corrected chi connectivity index (χ0v) is 12.5. The number of nitrogens with two attached hydrogens (primary N) is 1. The molecular weight excluding hydrogens is 252 g/mol. The normalized spacial score (nSPS) is 14.3. The Hall–Kier alpha value is -1.75. The van der Waals surface area contributed by atoms with Crippen molar-refractivity contribution in [1.82, 2.24) is 4.90 Å². The van der Waals surface area contributed by atoms with Crippen LogP contribution in [-0.4, -0.2) is 37.0 Å². The van der Waals surface area contributed by atoms with Crippen molar-refractivity contribution in [2.75, 3.05) is 36.5 Å². The zero-order valence-electron chi connectivity index (χ0n) is 12.5. The molecule has 0 fully saturated rings. The number of fused-ring (bicyclic) bond motifs is 1. The Balaban J connectivity index is 2.00. The van der Waals surface area contributed by atoms with E-state index in [4.69, 9.17) is 5.73 Å². The summed E-state index contributed by atoms with van der Waals surface area (Å²) in [4.78, 5) is 13.6. The molecule has 1 aliphatic heterocycles. The second-order valence-corrected chi connectivity index (χ2v) is 5.65. The number of likely N-dealkylation sites (N-methyl/N-ethyl adjacent to an activating group) is 1. The van der Waals surface area contributed by atoms with E-state index in [2.05, 4.69) is 42.5 Å². The van der Waals surface area contributed by atoms with Crippen LogP contribution in [0, 0.1) is 0 Å². The average Bonchev–Trinajstić information content (AvgIpc) is 2.39. The molecule has 1 aliphatic rings. The van der Waals surface area contributed by atoms with Crippen LogP contribution in [0.3, 0.4) is 0 Å². The van der Waals surface area contributed by atoms with Crippen molar-refractivity contribution in [3.05, 3.63) is 17.7 Å². The van der Waals surface area contributed by atoms with Gasteiger partial charge in [0.05, 0.1) is 11.4 Å². The predicted molar refractivity (Wildman–Crippen MR) is 84.1 cm³/mol. The molecule has 0 aromatic heterocycles. The zero-order chi connectivity index (χ0) is 14.7. The molecule has 1 aromatic rings. The number of aryl methyl sites for hydroxylation is 1. The molecule has 1 aromatic carbocycles. The fraction of sp³-hybridized carbons (Fsp3) is 0.533. The molecule has 4 N–H and O–H groups in total. The minimum Gasteiger partial charge on any atom is -0.397 e. The number of anilines is 3. The first-order valence-corrected chi connectivity index (χ1v) is 7.13. The maximum atomic E-state index is 11.4. The number of amides is 1. The number of hydrogen-bond donors (Lipinski definition) is 3. The summed E-state index contributed by atoms with van der Waals surface area (Å²) in [5, 5.41) is 6.24. The van der Waals surface area contributed by atoms with Crippen LogP contribution < -0.4 is 16.4 Å². The lowest BCUT2D eigenvalue weighted by molar-refractivity contribution is -0.116. The minimum absolute atomic E-state index is 0.0659. The Morgan fingerprint density at radius 1 is 1.40 bits per heavy atom. The van der Waals surface area contributed by atoms with E-state index in [9.17, 15) is 4.79 Å². The third-order valence-electron chi connectivity index (χ3n) is 3.83. The fourth-order valence-corrected chi connectivity index (χ4v) is 2.22. The van der Waals surface area contributed by atoms with E-state index in [0.717, 1.165) is 36.4 Å². The molecule has 0 saturated carbocycles. The van der Waals surface area contributed by atoms with Gasteiger partial charge >= 0.3 is 0 Å². The summed E-state index contributed by atoms with van der Waals surface area (Å²) in [7, 11) is 2.11. The topological polar surface area (TPSA) is 70.4 Å². The molecule has 0 saturated heterocycles. The van der Waals surface area contributed by atoms with Gasteiger partial charge in [-0.3, -0.25) is 4.79 Å². The van der Waals surface area contributed by atoms with Gasteiger partial charge < -0.3 is 21.3 Å². The predicted octanol–water partition coefficient (Wildman–Crippen LogP) is 1.91. The second-order valence-electron chi connectivity index (χ2n) is 5.65. The summed E-state index contributed by atoms with van der Waals surface area (Å²) in [6.45, 7) is 6.17. The van der Waals surface area contributed by atoms with Gasteiger partial charge in [-0.15, -0.1) is 0 Å². The van der Waals surface area contributed by atoms with Crippen molar-refractivity contribution in [3.8, 4) is 0 Å². The molecule has 1 amide bonds. The van der Waals surface area contributed by atoms with E-state index in [-0.39, 0.29) is 5.91 Å². The van der Waals surface area contributed by atoms with Gasteiger partial charge in [0.1, 0.15) is 0 Å². The van der Waals surface area contributed by atoms with Crippen molar-refractivity contribution in [2.24, 2.45) is 0 Å². The molecule has 0 radical (unpaired) electrons. The third kappa shape index (κ3) is 3.42. The summed E-state index contributed by atoms with van der Waals surface area (Å²) >= 11 is 0. The third-order valence-corrected chi connectivity index (χ3v) is 3.83. The van der Waals surface area contributed by atoms with Crippen molar-refractivity contribution in [3.63, 3.8) is 0 Å². The molecule has 0 unspecified atom stereocenters. The SMILES string of the molecule is CC(C)N(C)CCNc1cc2c(cc1N)NC(=O)CC2. The van der Waals surface area contributed by atoms with Crippen LogP contribution in [0.4, 0.5) is 17.1 Å². The average molecular weight is 276 g/mol. The quantitative estimate of drug-likeness (QED) is 0.718. The first-order valence-electron chi connectivity index (χ1n) is 7.13. The van der Waals surface area contributed by atoms with Gasteiger partial charge in [0, 0.05) is 31.2 Å². The minimum atomic E-state index is 0.0659. The smallest absolute Gasteiger partial charge is 0.224 e. The lowest BCUT2D eigenvalue weighted by Gasteiger charge is -2.23. The number of rotatable bonds is 5. The summed E-state index contributed by atoms with van der Waals surface area (Å²) in [5.74, 6) is 0.0659. The molecule has 0 spiro atoms. The molecule has 110 valence electrons. The van der Waals surface area contributed by atoms with E-state index in [1.807, 2.05) is 6.07 Å². The van der Waals surface area contributed by atoms with Crippen LogP contribution >= 0.6 is 0 Å². The molecular formula is C15H24N4O. The number of carbonyl (C=O) groups excluding carboxylic acids is 1. The monoisotopic (exact) mass is 276 g/mol. The van der Waals surface area contributed by atoms with Gasteiger partial charge in [-0.1, -0.05) is 0 Å².